The average Bonchev–Trinajstić information content (AvgIpc) is 3.10. The number of thiazole rings is 1. The highest BCUT2D eigenvalue weighted by Gasteiger charge is 2.31. The molecule has 1 fully saturated rings. The zero-order valence-corrected chi connectivity index (χ0v) is 17.0. The van der Waals surface area contributed by atoms with Gasteiger partial charge in [0.1, 0.15) is 5.01 Å². The van der Waals surface area contributed by atoms with Crippen molar-refractivity contribution in [2.75, 3.05) is 20.1 Å². The number of aromatic nitrogens is 1. The summed E-state index contributed by atoms with van der Waals surface area (Å²) in [4.78, 5) is 11.6. The summed E-state index contributed by atoms with van der Waals surface area (Å²) in [6, 6.07) is 1.04. The van der Waals surface area contributed by atoms with Crippen LogP contribution in [-0.4, -0.2) is 48.1 Å². The fraction of sp³-hybridized carbons (Fsp3) is 0.778. The summed E-state index contributed by atoms with van der Waals surface area (Å²) < 4.78 is 0. The van der Waals surface area contributed by atoms with E-state index in [-0.39, 0.29) is 5.41 Å². The molecule has 2 atom stereocenters. The maximum Gasteiger partial charge on any atom is 0.191 e. The Morgan fingerprint density at radius 3 is 2.62 bits per heavy atom. The molecule has 2 heterocycles. The number of hydrogen-bond acceptors (Lipinski definition) is 4. The van der Waals surface area contributed by atoms with E-state index in [0.29, 0.717) is 18.0 Å². The van der Waals surface area contributed by atoms with E-state index in [9.17, 15) is 0 Å². The molecule has 5 nitrogen and oxygen atoms in total. The number of nitrogens with one attached hydrogen (secondary N) is 2. The number of hydrogen-bond donors (Lipinski definition) is 2. The molecule has 2 rings (SSSR count). The van der Waals surface area contributed by atoms with Crippen LogP contribution in [0.5, 0.6) is 0 Å². The van der Waals surface area contributed by atoms with Crippen molar-refractivity contribution < 1.29 is 0 Å². The van der Waals surface area contributed by atoms with Gasteiger partial charge in [0.25, 0.3) is 0 Å². The number of guanidine groups is 1. The second-order valence-corrected chi connectivity index (χ2v) is 9.02. The van der Waals surface area contributed by atoms with Gasteiger partial charge in [0.2, 0.25) is 0 Å². The Hall–Kier alpha value is -1.14. The van der Waals surface area contributed by atoms with Crippen molar-refractivity contribution in [2.24, 2.45) is 10.9 Å². The standard InChI is InChI=1S/C18H33N5S/c1-12(2)23-9-13(3)14(10-23)21-17(19-7)20-8-16-22-15(11-24-16)18(4,5)6/h11-14H,8-10H2,1-7H3,(H2,19,20,21). The maximum atomic E-state index is 4.73. The molecule has 6 heteroatoms. The lowest BCUT2D eigenvalue weighted by atomic mass is 9.93. The molecule has 1 aromatic heterocycles. The fourth-order valence-corrected chi connectivity index (χ4v) is 3.84. The van der Waals surface area contributed by atoms with Crippen molar-refractivity contribution in [3.63, 3.8) is 0 Å². The predicted octanol–water partition coefficient (Wildman–Crippen LogP) is 2.83. The topological polar surface area (TPSA) is 52.6 Å². The van der Waals surface area contributed by atoms with Crippen molar-refractivity contribution in [2.45, 2.75) is 65.6 Å². The number of likely N-dealkylation sites (tertiary alicyclic amines) is 1. The van der Waals surface area contributed by atoms with Gasteiger partial charge in [-0.2, -0.15) is 0 Å². The van der Waals surface area contributed by atoms with Crippen LogP contribution in [0.25, 0.3) is 0 Å². The minimum atomic E-state index is 0.105. The smallest absolute Gasteiger partial charge is 0.191 e. The largest absolute Gasteiger partial charge is 0.352 e. The molecule has 2 unspecified atom stereocenters. The van der Waals surface area contributed by atoms with Gasteiger partial charge in [-0.25, -0.2) is 4.98 Å². The highest BCUT2D eigenvalue weighted by molar-refractivity contribution is 7.09. The van der Waals surface area contributed by atoms with Crippen LogP contribution in [-0.2, 0) is 12.0 Å². The van der Waals surface area contributed by atoms with Crippen LogP contribution in [0.2, 0.25) is 0 Å². The number of nitrogens with zero attached hydrogens (tertiary/aromatic N) is 3. The lowest BCUT2D eigenvalue weighted by Gasteiger charge is -2.21. The third kappa shape index (κ3) is 4.93. The van der Waals surface area contributed by atoms with E-state index >= 15 is 0 Å². The van der Waals surface area contributed by atoms with Gasteiger partial charge in [0.15, 0.2) is 5.96 Å². The van der Waals surface area contributed by atoms with Gasteiger partial charge in [-0.3, -0.25) is 9.89 Å². The van der Waals surface area contributed by atoms with Crippen LogP contribution >= 0.6 is 11.3 Å². The molecular weight excluding hydrogens is 318 g/mol. The molecule has 0 amide bonds. The zero-order chi connectivity index (χ0) is 17.9. The molecule has 2 N–H and O–H groups in total. The molecule has 0 aliphatic carbocycles. The van der Waals surface area contributed by atoms with Crippen molar-refractivity contribution in [1.29, 1.82) is 0 Å². The van der Waals surface area contributed by atoms with E-state index < -0.39 is 0 Å². The number of rotatable bonds is 4. The molecule has 0 spiro atoms. The first-order valence-electron chi connectivity index (χ1n) is 8.86. The maximum absolute atomic E-state index is 4.73. The molecule has 1 aliphatic heterocycles. The summed E-state index contributed by atoms with van der Waals surface area (Å²) in [7, 11) is 1.83. The van der Waals surface area contributed by atoms with Gasteiger partial charge in [0, 0.05) is 43.0 Å². The second-order valence-electron chi connectivity index (χ2n) is 8.08. The highest BCUT2D eigenvalue weighted by Crippen LogP contribution is 2.23. The van der Waals surface area contributed by atoms with Gasteiger partial charge < -0.3 is 10.6 Å². The SMILES string of the molecule is CN=C(NCc1nc(C(C)(C)C)cs1)NC1CN(C(C)C)CC1C. The molecule has 1 aliphatic rings. The molecule has 136 valence electrons. The van der Waals surface area contributed by atoms with Gasteiger partial charge in [-0.15, -0.1) is 11.3 Å². The average molecular weight is 352 g/mol. The second kappa shape index (κ2) is 7.83. The lowest BCUT2D eigenvalue weighted by Crippen LogP contribution is -2.46. The molecule has 0 radical (unpaired) electrons. The van der Waals surface area contributed by atoms with Gasteiger partial charge in [-0.05, 0) is 19.8 Å². The van der Waals surface area contributed by atoms with E-state index in [4.69, 9.17) is 4.98 Å². The quantitative estimate of drug-likeness (QED) is 0.647. The molecule has 0 aromatic carbocycles. The Morgan fingerprint density at radius 1 is 1.42 bits per heavy atom. The Morgan fingerprint density at radius 2 is 2.12 bits per heavy atom. The first-order chi connectivity index (χ1) is 11.2. The molecule has 0 bridgehead atoms. The van der Waals surface area contributed by atoms with Crippen LogP contribution in [0.15, 0.2) is 10.4 Å². The van der Waals surface area contributed by atoms with Crippen LogP contribution in [0.4, 0.5) is 0 Å². The third-order valence-electron chi connectivity index (χ3n) is 4.64. The molecular formula is C18H33N5S. The minimum Gasteiger partial charge on any atom is -0.352 e. The molecule has 1 saturated heterocycles. The van der Waals surface area contributed by atoms with E-state index in [1.165, 1.54) is 0 Å². The monoisotopic (exact) mass is 351 g/mol. The molecule has 24 heavy (non-hydrogen) atoms. The van der Waals surface area contributed by atoms with E-state index in [1.54, 1.807) is 11.3 Å². The van der Waals surface area contributed by atoms with Gasteiger partial charge in [0.05, 0.1) is 12.2 Å². The summed E-state index contributed by atoms with van der Waals surface area (Å²) in [5.41, 5.74) is 1.26. The number of aliphatic imine (C=N–C) groups is 1. The summed E-state index contributed by atoms with van der Waals surface area (Å²) in [5.74, 6) is 1.49. The van der Waals surface area contributed by atoms with Crippen molar-refractivity contribution in [3.05, 3.63) is 16.1 Å². The van der Waals surface area contributed by atoms with Crippen LogP contribution in [0.3, 0.4) is 0 Å². The lowest BCUT2D eigenvalue weighted by molar-refractivity contribution is 0.265. The van der Waals surface area contributed by atoms with Gasteiger partial charge in [-0.1, -0.05) is 27.7 Å². The summed E-state index contributed by atoms with van der Waals surface area (Å²) in [6.07, 6.45) is 0. The van der Waals surface area contributed by atoms with Crippen LogP contribution < -0.4 is 10.6 Å². The summed E-state index contributed by atoms with van der Waals surface area (Å²) in [6.45, 7) is 16.4. The molecule has 1 aromatic rings. The van der Waals surface area contributed by atoms with Crippen LogP contribution in [0.1, 0.15) is 52.2 Å². The Bertz CT molecular complexity index is 558. The summed E-state index contributed by atoms with van der Waals surface area (Å²) >= 11 is 1.71. The Kier molecular flexibility index (Phi) is 6.26. The third-order valence-corrected chi connectivity index (χ3v) is 5.49. The summed E-state index contributed by atoms with van der Waals surface area (Å²) in [5, 5.41) is 10.3. The van der Waals surface area contributed by atoms with Crippen molar-refractivity contribution in [3.8, 4) is 0 Å². The first kappa shape index (κ1) is 19.2. The van der Waals surface area contributed by atoms with Crippen molar-refractivity contribution >= 4 is 17.3 Å². The Labute approximate surface area is 151 Å². The highest BCUT2D eigenvalue weighted by atomic mass is 32.1. The fourth-order valence-electron chi connectivity index (χ4n) is 2.88. The van der Waals surface area contributed by atoms with Crippen molar-refractivity contribution in [1.82, 2.24) is 20.5 Å². The van der Waals surface area contributed by atoms with E-state index in [2.05, 4.69) is 67.4 Å². The minimum absolute atomic E-state index is 0.105. The predicted molar refractivity (Wildman–Crippen MR) is 104 cm³/mol. The first-order valence-corrected chi connectivity index (χ1v) is 9.74. The molecule has 0 saturated carbocycles. The van der Waals surface area contributed by atoms with Crippen LogP contribution in [0, 0.1) is 5.92 Å². The Balaban J connectivity index is 1.88. The normalized spacial score (nSPS) is 23.1. The van der Waals surface area contributed by atoms with Gasteiger partial charge >= 0.3 is 0 Å². The van der Waals surface area contributed by atoms with E-state index in [0.717, 1.165) is 36.3 Å². The zero-order valence-electron chi connectivity index (χ0n) is 16.2. The van der Waals surface area contributed by atoms with E-state index in [1.807, 2.05) is 7.05 Å².